The third-order valence-electron chi connectivity index (χ3n) is 5.27. The molecule has 0 aromatic rings. The molecule has 0 radical (unpaired) electrons. The average molecular weight is 370 g/mol. The van der Waals surface area contributed by atoms with E-state index in [1.807, 2.05) is 27.7 Å². The Labute approximate surface area is 162 Å². The maximum atomic E-state index is 12.1. The van der Waals surface area contributed by atoms with Crippen molar-refractivity contribution in [3.63, 3.8) is 0 Å². The molecule has 2 N–H and O–H groups in total. The molecule has 1 aliphatic rings. The molecule has 0 spiro atoms. The number of ketones is 1. The van der Waals surface area contributed by atoms with Crippen LogP contribution in [0.15, 0.2) is 72.8 Å². The van der Waals surface area contributed by atoms with E-state index in [1.165, 1.54) is 24.1 Å². The van der Waals surface area contributed by atoms with Gasteiger partial charge in [0.15, 0.2) is 5.78 Å². The number of hydrogen-bond donors (Lipinski definition) is 2. The lowest BCUT2D eigenvalue weighted by molar-refractivity contribution is -0.125. The fourth-order valence-electron chi connectivity index (χ4n) is 3.18. The second kappa shape index (κ2) is 8.71. The average Bonchev–Trinajstić information content (AvgIpc) is 2.83. The summed E-state index contributed by atoms with van der Waals surface area (Å²) in [4.78, 5) is 25.6. The minimum absolute atomic E-state index is 0.0917. The summed E-state index contributed by atoms with van der Waals surface area (Å²) in [5.41, 5.74) is 1.03. The first-order chi connectivity index (χ1) is 12.5. The Balaban J connectivity index is 3.12. The lowest BCUT2D eigenvalue weighted by Crippen LogP contribution is -2.50. The molecule has 1 aliphatic heterocycles. The van der Waals surface area contributed by atoms with Crippen LogP contribution in [0.4, 0.5) is 0 Å². The van der Waals surface area contributed by atoms with Crippen molar-refractivity contribution in [3.8, 4) is 0 Å². The van der Waals surface area contributed by atoms with Crippen molar-refractivity contribution in [2.75, 3.05) is 0 Å². The number of aliphatic hydroxyl groups is 1. The van der Waals surface area contributed by atoms with E-state index in [2.05, 4.69) is 25.1 Å². The number of carbonyl (C=O) groups is 2. The quantitative estimate of drug-likeness (QED) is 0.501. The van der Waals surface area contributed by atoms with Gasteiger partial charge in [-0.1, -0.05) is 37.5 Å². The summed E-state index contributed by atoms with van der Waals surface area (Å²) in [5.74, 6) is -0.309. The van der Waals surface area contributed by atoms with E-state index in [9.17, 15) is 14.7 Å². The van der Waals surface area contributed by atoms with Crippen molar-refractivity contribution in [1.29, 1.82) is 0 Å². The molecule has 0 aromatic heterocycles. The lowest BCUT2D eigenvalue weighted by atomic mass is 9.76. The number of amides is 1. The Morgan fingerprint density at radius 2 is 1.96 bits per heavy atom. The second-order valence-corrected chi connectivity index (χ2v) is 7.03. The Hall–Kier alpha value is -2.82. The summed E-state index contributed by atoms with van der Waals surface area (Å²) < 4.78 is 0. The first kappa shape index (κ1) is 22.2. The number of allylic oxidation sites excluding steroid dienone is 5. The number of nitrogens with one attached hydrogen (secondary N) is 1. The van der Waals surface area contributed by atoms with E-state index in [0.717, 1.165) is 5.57 Å². The van der Waals surface area contributed by atoms with Crippen LogP contribution in [0.2, 0.25) is 0 Å². The van der Waals surface area contributed by atoms with E-state index in [0.29, 0.717) is 11.3 Å². The van der Waals surface area contributed by atoms with Crippen LogP contribution in [-0.2, 0) is 9.59 Å². The van der Waals surface area contributed by atoms with Gasteiger partial charge < -0.3 is 15.3 Å². The van der Waals surface area contributed by atoms with Crippen LogP contribution >= 0.6 is 0 Å². The molecule has 5 heteroatoms. The zero-order valence-electron chi connectivity index (χ0n) is 16.9. The van der Waals surface area contributed by atoms with Gasteiger partial charge in [0.1, 0.15) is 5.76 Å². The van der Waals surface area contributed by atoms with Gasteiger partial charge in [-0.05, 0) is 46.8 Å². The number of Topliss-reactive ketones (excluding diaryl/α,β-unsaturated/α-hetero) is 1. The molecule has 27 heavy (non-hydrogen) atoms. The van der Waals surface area contributed by atoms with Gasteiger partial charge in [-0.25, -0.2) is 0 Å². The normalized spacial score (nSPS) is 24.1. The number of rotatable bonds is 8. The van der Waals surface area contributed by atoms with Crippen LogP contribution in [0.3, 0.4) is 0 Å². The zero-order chi connectivity index (χ0) is 20.9. The van der Waals surface area contributed by atoms with Crippen LogP contribution in [0.25, 0.3) is 0 Å². The molecule has 0 bridgehead atoms. The molecule has 0 saturated carbocycles. The molecular weight excluding hydrogens is 340 g/mol. The Kier molecular flexibility index (Phi) is 7.17. The maximum absolute atomic E-state index is 12.1. The fraction of sp³-hybridized carbons (Fsp3) is 0.364. The number of nitrogens with zero attached hydrogens (tertiary/aromatic N) is 1. The highest BCUT2D eigenvalue weighted by Crippen LogP contribution is 2.42. The molecular formula is C22H30N2O3. The summed E-state index contributed by atoms with van der Waals surface area (Å²) in [6.07, 6.45) is 7.85. The molecule has 1 rings (SSSR count). The number of carbonyl (C=O) groups excluding carboxylic acids is 2. The van der Waals surface area contributed by atoms with Crippen LogP contribution in [-0.4, -0.2) is 33.8 Å². The van der Waals surface area contributed by atoms with Gasteiger partial charge in [-0.2, -0.15) is 0 Å². The zero-order valence-corrected chi connectivity index (χ0v) is 16.9. The summed E-state index contributed by atoms with van der Waals surface area (Å²) in [6, 6.07) is -0.601. The SMILES string of the molecule is C=C/C=C(C)\C=C(/C(=C)NC(C)C1(C)C(O)=CN(C(=O)C=C)C1C)C(C)=O. The van der Waals surface area contributed by atoms with Crippen LogP contribution < -0.4 is 5.32 Å². The Bertz CT molecular complexity index is 758. The fourth-order valence-corrected chi connectivity index (χ4v) is 3.18. The van der Waals surface area contributed by atoms with Crippen molar-refractivity contribution < 1.29 is 14.7 Å². The monoisotopic (exact) mass is 370 g/mol. The third-order valence-corrected chi connectivity index (χ3v) is 5.27. The summed E-state index contributed by atoms with van der Waals surface area (Å²) >= 11 is 0. The van der Waals surface area contributed by atoms with Crippen LogP contribution in [0.1, 0.15) is 34.6 Å². The molecule has 3 atom stereocenters. The third kappa shape index (κ3) is 4.48. The van der Waals surface area contributed by atoms with Gasteiger partial charge >= 0.3 is 0 Å². The van der Waals surface area contributed by atoms with E-state index in [1.54, 1.807) is 18.2 Å². The Morgan fingerprint density at radius 1 is 1.37 bits per heavy atom. The van der Waals surface area contributed by atoms with Crippen LogP contribution in [0.5, 0.6) is 0 Å². The molecule has 1 amide bonds. The van der Waals surface area contributed by atoms with Crippen molar-refractivity contribution >= 4 is 11.7 Å². The van der Waals surface area contributed by atoms with Gasteiger partial charge in [-0.15, -0.1) is 0 Å². The molecule has 0 saturated heterocycles. The maximum Gasteiger partial charge on any atom is 0.250 e. The summed E-state index contributed by atoms with van der Waals surface area (Å²) in [6.45, 7) is 20.1. The highest BCUT2D eigenvalue weighted by Gasteiger charge is 2.49. The Morgan fingerprint density at radius 3 is 2.44 bits per heavy atom. The van der Waals surface area contributed by atoms with E-state index in [4.69, 9.17) is 0 Å². The topological polar surface area (TPSA) is 69.6 Å². The van der Waals surface area contributed by atoms with Gasteiger partial charge in [0.25, 0.3) is 0 Å². The molecule has 5 nitrogen and oxygen atoms in total. The molecule has 0 fully saturated rings. The largest absolute Gasteiger partial charge is 0.510 e. The predicted octanol–water partition coefficient (Wildman–Crippen LogP) is 3.95. The molecule has 0 aromatic carbocycles. The summed E-state index contributed by atoms with van der Waals surface area (Å²) in [5, 5.41) is 13.8. The van der Waals surface area contributed by atoms with Gasteiger partial charge in [0, 0.05) is 29.6 Å². The molecule has 146 valence electrons. The van der Waals surface area contributed by atoms with E-state index < -0.39 is 5.41 Å². The molecule has 3 unspecified atom stereocenters. The van der Waals surface area contributed by atoms with Crippen molar-refractivity contribution in [1.82, 2.24) is 10.2 Å². The highest BCUT2D eigenvalue weighted by molar-refractivity contribution is 5.97. The van der Waals surface area contributed by atoms with Crippen molar-refractivity contribution in [2.45, 2.75) is 46.7 Å². The standard InChI is InChI=1S/C22H30N2O3/c1-9-11-14(3)12-19(16(5)25)15(4)23-17(6)22(8)18(7)24(13-20(22)26)21(27)10-2/h9-13,17-18,23,26H,1-2,4H2,3,5-8H3/b14-11-,19-12+. The minimum atomic E-state index is -0.754. The predicted molar refractivity (Wildman–Crippen MR) is 110 cm³/mol. The van der Waals surface area contributed by atoms with Gasteiger partial charge in [0.05, 0.1) is 5.41 Å². The van der Waals surface area contributed by atoms with Gasteiger partial charge in [0.2, 0.25) is 5.91 Å². The lowest BCUT2D eigenvalue weighted by Gasteiger charge is -2.39. The first-order valence-corrected chi connectivity index (χ1v) is 8.84. The highest BCUT2D eigenvalue weighted by atomic mass is 16.3. The minimum Gasteiger partial charge on any atom is -0.510 e. The first-order valence-electron chi connectivity index (χ1n) is 8.84. The number of aliphatic hydroxyl groups excluding tert-OH is 1. The van der Waals surface area contributed by atoms with Crippen LogP contribution in [0, 0.1) is 5.41 Å². The molecule has 0 aliphatic carbocycles. The second-order valence-electron chi connectivity index (χ2n) is 7.03. The molecule has 1 heterocycles. The smallest absolute Gasteiger partial charge is 0.250 e. The van der Waals surface area contributed by atoms with E-state index >= 15 is 0 Å². The summed E-state index contributed by atoms with van der Waals surface area (Å²) in [7, 11) is 0. The van der Waals surface area contributed by atoms with Gasteiger partial charge in [-0.3, -0.25) is 9.59 Å². The number of hydrogen-bond acceptors (Lipinski definition) is 4. The van der Waals surface area contributed by atoms with E-state index in [-0.39, 0.29) is 29.5 Å². The van der Waals surface area contributed by atoms with Crippen molar-refractivity contribution in [2.24, 2.45) is 5.41 Å². The van der Waals surface area contributed by atoms with Crippen molar-refractivity contribution in [3.05, 3.63) is 72.8 Å².